The largest absolute Gasteiger partial charge is 0.481 e. The van der Waals surface area contributed by atoms with Crippen LogP contribution < -0.4 is 27.4 Å². The Kier molecular flexibility index (Phi) is 11.8. The first-order valence-electron chi connectivity index (χ1n) is 9.43. The number of hydrogen-bond donors (Lipinski definition) is 9. The van der Waals surface area contributed by atoms with E-state index in [1.165, 1.54) is 6.92 Å². The van der Waals surface area contributed by atoms with Crippen LogP contribution in [0.15, 0.2) is 0 Å². The summed E-state index contributed by atoms with van der Waals surface area (Å²) in [5.74, 6) is -7.25. The van der Waals surface area contributed by atoms with Crippen LogP contribution in [0.25, 0.3) is 0 Å². The van der Waals surface area contributed by atoms with Crippen molar-refractivity contribution >= 4 is 35.6 Å². The minimum Gasteiger partial charge on any atom is -0.481 e. The molecule has 0 saturated heterocycles. The first kappa shape index (κ1) is 28.7. The van der Waals surface area contributed by atoms with Gasteiger partial charge in [0.05, 0.1) is 18.6 Å². The lowest BCUT2D eigenvalue weighted by molar-refractivity contribution is -0.144. The lowest BCUT2D eigenvalue weighted by Crippen LogP contribution is -2.61. The molecule has 0 spiro atoms. The Labute approximate surface area is 182 Å². The normalized spacial score (nSPS) is 16.4. The van der Waals surface area contributed by atoms with E-state index < -0.39 is 78.4 Å². The van der Waals surface area contributed by atoms with E-state index in [9.17, 15) is 39.0 Å². The maximum absolute atomic E-state index is 12.5. The van der Waals surface area contributed by atoms with Gasteiger partial charge in [0.2, 0.25) is 23.6 Å². The van der Waals surface area contributed by atoms with E-state index in [1.54, 1.807) is 0 Å². The van der Waals surface area contributed by atoms with Gasteiger partial charge in [0, 0.05) is 6.42 Å². The molecule has 0 saturated carbocycles. The molecular weight excluding hydrogens is 434 g/mol. The summed E-state index contributed by atoms with van der Waals surface area (Å²) in [5.41, 5.74) is 10.4. The van der Waals surface area contributed by atoms with Gasteiger partial charge in [0.25, 0.3) is 0 Å². The molecule has 182 valence electrons. The zero-order valence-corrected chi connectivity index (χ0v) is 17.5. The molecule has 0 aromatic heterocycles. The Morgan fingerprint density at radius 1 is 0.812 bits per heavy atom. The van der Waals surface area contributed by atoms with Crippen LogP contribution in [0.3, 0.4) is 0 Å². The number of carbonyl (C=O) groups is 6. The number of aliphatic carboxylic acids is 2. The third-order valence-electron chi connectivity index (χ3n) is 4.19. The van der Waals surface area contributed by atoms with Crippen LogP contribution in [0.5, 0.6) is 0 Å². The highest BCUT2D eigenvalue weighted by Crippen LogP contribution is 2.03. The summed E-state index contributed by atoms with van der Waals surface area (Å²) in [6, 6.07) is -6.51. The summed E-state index contributed by atoms with van der Waals surface area (Å²) < 4.78 is 0. The van der Waals surface area contributed by atoms with Crippen LogP contribution in [0.1, 0.15) is 33.1 Å². The molecule has 0 aliphatic heterocycles. The fourth-order valence-electron chi connectivity index (χ4n) is 2.34. The van der Waals surface area contributed by atoms with Gasteiger partial charge in [-0.05, 0) is 20.3 Å². The van der Waals surface area contributed by atoms with Gasteiger partial charge in [-0.3, -0.25) is 24.0 Å². The highest BCUT2D eigenvalue weighted by Gasteiger charge is 2.34. The zero-order chi connectivity index (χ0) is 25.2. The summed E-state index contributed by atoms with van der Waals surface area (Å²) in [5, 5.41) is 43.4. The van der Waals surface area contributed by atoms with Crippen molar-refractivity contribution in [2.75, 3.05) is 0 Å². The second-order valence-corrected chi connectivity index (χ2v) is 7.06. The third-order valence-corrected chi connectivity index (χ3v) is 4.19. The Morgan fingerprint density at radius 3 is 1.75 bits per heavy atom. The Balaban J connectivity index is 5.47. The average molecular weight is 463 g/mol. The molecule has 0 bridgehead atoms. The van der Waals surface area contributed by atoms with Gasteiger partial charge >= 0.3 is 11.9 Å². The van der Waals surface area contributed by atoms with E-state index >= 15 is 0 Å². The monoisotopic (exact) mass is 463 g/mol. The van der Waals surface area contributed by atoms with Gasteiger partial charge in [-0.1, -0.05) is 0 Å². The van der Waals surface area contributed by atoms with E-state index in [4.69, 9.17) is 21.7 Å². The predicted molar refractivity (Wildman–Crippen MR) is 105 cm³/mol. The lowest BCUT2D eigenvalue weighted by atomic mass is 10.1. The maximum atomic E-state index is 12.5. The van der Waals surface area contributed by atoms with Crippen LogP contribution in [-0.2, 0) is 28.8 Å². The quantitative estimate of drug-likeness (QED) is 0.118. The summed E-state index contributed by atoms with van der Waals surface area (Å²) in [6.07, 6.45) is -4.53. The molecular formula is C17H29N5O10. The standard InChI is InChI=1S/C17H29N5O10/c1-6(23)12(19)15(29)22-13(7(2)24)16(30)21-9(5-11(26)27)14(28)20-8(17(31)32)3-4-10(18)25/h6-9,12-13,23-24H,3-5,19H2,1-2H3,(H2,18,25)(H,20,28)(H,21,30)(H,22,29)(H,26,27)(H,31,32). The number of rotatable bonds is 14. The molecule has 0 aliphatic rings. The molecule has 0 rings (SSSR count). The molecule has 0 aromatic carbocycles. The van der Waals surface area contributed by atoms with E-state index in [0.717, 1.165) is 6.92 Å². The molecule has 32 heavy (non-hydrogen) atoms. The molecule has 15 nitrogen and oxygen atoms in total. The van der Waals surface area contributed by atoms with Gasteiger partial charge in [-0.2, -0.15) is 0 Å². The highest BCUT2D eigenvalue weighted by molar-refractivity contribution is 5.96. The first-order valence-corrected chi connectivity index (χ1v) is 9.43. The van der Waals surface area contributed by atoms with Crippen molar-refractivity contribution in [3.05, 3.63) is 0 Å². The number of nitrogens with two attached hydrogens (primary N) is 2. The fourth-order valence-corrected chi connectivity index (χ4v) is 2.34. The van der Waals surface area contributed by atoms with Gasteiger partial charge < -0.3 is 47.8 Å². The number of carboxylic acids is 2. The van der Waals surface area contributed by atoms with E-state index in [-0.39, 0.29) is 12.8 Å². The van der Waals surface area contributed by atoms with Crippen LogP contribution in [-0.4, -0.2) is 92.4 Å². The highest BCUT2D eigenvalue weighted by atomic mass is 16.4. The molecule has 0 fully saturated rings. The first-order chi connectivity index (χ1) is 14.7. The van der Waals surface area contributed by atoms with Crippen molar-refractivity contribution in [3.63, 3.8) is 0 Å². The Hall–Kier alpha value is -3.30. The minimum atomic E-state index is -1.79. The Morgan fingerprint density at radius 2 is 1.34 bits per heavy atom. The average Bonchev–Trinajstić information content (AvgIpc) is 2.66. The van der Waals surface area contributed by atoms with E-state index in [1.807, 2.05) is 10.6 Å². The molecule has 4 amide bonds. The molecule has 0 heterocycles. The number of aliphatic hydroxyl groups is 2. The molecule has 6 unspecified atom stereocenters. The number of aliphatic hydroxyl groups excluding tert-OH is 2. The van der Waals surface area contributed by atoms with Crippen molar-refractivity contribution < 1.29 is 49.2 Å². The third kappa shape index (κ3) is 10.1. The van der Waals surface area contributed by atoms with Crippen molar-refractivity contribution in [1.82, 2.24) is 16.0 Å². The summed E-state index contributed by atoms with van der Waals surface area (Å²) in [4.78, 5) is 70.1. The number of carbonyl (C=O) groups excluding carboxylic acids is 4. The fraction of sp³-hybridized carbons (Fsp3) is 0.647. The van der Waals surface area contributed by atoms with Crippen LogP contribution in [0, 0.1) is 0 Å². The maximum Gasteiger partial charge on any atom is 0.326 e. The summed E-state index contributed by atoms with van der Waals surface area (Å²) >= 11 is 0. The number of amides is 4. The lowest BCUT2D eigenvalue weighted by Gasteiger charge is -2.26. The van der Waals surface area contributed by atoms with Crippen molar-refractivity contribution in [1.29, 1.82) is 0 Å². The SMILES string of the molecule is CC(O)C(N)C(=O)NC(C(=O)NC(CC(=O)O)C(=O)NC(CCC(N)=O)C(=O)O)C(C)O. The van der Waals surface area contributed by atoms with E-state index in [2.05, 4.69) is 5.32 Å². The molecule has 0 aliphatic carbocycles. The topological polar surface area (TPSA) is 271 Å². The number of primary amides is 1. The zero-order valence-electron chi connectivity index (χ0n) is 17.5. The predicted octanol–water partition coefficient (Wildman–Crippen LogP) is -4.65. The van der Waals surface area contributed by atoms with Crippen molar-refractivity contribution in [2.24, 2.45) is 11.5 Å². The molecule has 15 heteroatoms. The van der Waals surface area contributed by atoms with Crippen LogP contribution >= 0.6 is 0 Å². The summed E-state index contributed by atoms with van der Waals surface area (Å²) in [7, 11) is 0. The number of nitrogens with one attached hydrogen (secondary N) is 3. The molecule has 11 N–H and O–H groups in total. The molecule has 0 radical (unpaired) electrons. The van der Waals surface area contributed by atoms with Gasteiger partial charge in [-0.25, -0.2) is 4.79 Å². The Bertz CT molecular complexity index is 727. The second kappa shape index (κ2) is 13.2. The van der Waals surface area contributed by atoms with Gasteiger partial charge in [-0.15, -0.1) is 0 Å². The number of hydrogen-bond acceptors (Lipinski definition) is 9. The van der Waals surface area contributed by atoms with Crippen molar-refractivity contribution in [3.8, 4) is 0 Å². The van der Waals surface area contributed by atoms with E-state index in [0.29, 0.717) is 0 Å². The van der Waals surface area contributed by atoms with Crippen LogP contribution in [0.4, 0.5) is 0 Å². The summed E-state index contributed by atoms with van der Waals surface area (Å²) in [6.45, 7) is 2.33. The minimum absolute atomic E-state index is 0.381. The van der Waals surface area contributed by atoms with Crippen molar-refractivity contribution in [2.45, 2.75) is 69.5 Å². The second-order valence-electron chi connectivity index (χ2n) is 7.06. The molecule has 6 atom stereocenters. The van der Waals surface area contributed by atoms with Gasteiger partial charge in [0.1, 0.15) is 24.2 Å². The van der Waals surface area contributed by atoms with Crippen LogP contribution in [0.2, 0.25) is 0 Å². The molecule has 0 aromatic rings. The smallest absolute Gasteiger partial charge is 0.326 e. The van der Waals surface area contributed by atoms with Gasteiger partial charge in [0.15, 0.2) is 0 Å². The number of carboxylic acid groups (broad SMARTS) is 2.